The summed E-state index contributed by atoms with van der Waals surface area (Å²) in [6.07, 6.45) is 2.40. The molecule has 42 heavy (non-hydrogen) atoms. The van der Waals surface area contributed by atoms with Crippen molar-refractivity contribution in [2.45, 2.75) is 44.3 Å². The topological polar surface area (TPSA) is 108 Å². The molecule has 5 rings (SSSR count). The lowest BCUT2D eigenvalue weighted by atomic mass is 9.93. The third kappa shape index (κ3) is 6.79. The zero-order valence-electron chi connectivity index (χ0n) is 23.9. The minimum absolute atomic E-state index is 0.0203. The van der Waals surface area contributed by atoms with Crippen molar-refractivity contribution in [3.8, 4) is 28.4 Å². The zero-order valence-corrected chi connectivity index (χ0v) is 24.7. The van der Waals surface area contributed by atoms with Crippen molar-refractivity contribution in [3.05, 3.63) is 83.4 Å². The fourth-order valence-corrected chi connectivity index (χ4v) is 7.07. The largest absolute Gasteiger partial charge is 0.492 e. The van der Waals surface area contributed by atoms with Crippen LogP contribution < -0.4 is 14.2 Å². The summed E-state index contributed by atoms with van der Waals surface area (Å²) in [5.41, 5.74) is 4.71. The Morgan fingerprint density at radius 3 is 2.62 bits per heavy atom. The summed E-state index contributed by atoms with van der Waals surface area (Å²) >= 11 is 0. The Kier molecular flexibility index (Phi) is 8.61. The van der Waals surface area contributed by atoms with Crippen LogP contribution in [0.4, 0.5) is 0 Å². The lowest BCUT2D eigenvalue weighted by Crippen LogP contribution is -2.43. The second-order valence-electron chi connectivity index (χ2n) is 11.1. The van der Waals surface area contributed by atoms with Crippen molar-refractivity contribution in [3.63, 3.8) is 0 Å². The molecule has 2 heterocycles. The molecule has 0 radical (unpaired) electrons. The average Bonchev–Trinajstić information content (AvgIpc) is 3.38. The molecule has 1 saturated heterocycles. The number of esters is 1. The molecule has 222 valence electrons. The molecular weight excluding hydrogens is 556 g/mol. The summed E-state index contributed by atoms with van der Waals surface area (Å²) in [6.45, 7) is 6.83. The summed E-state index contributed by atoms with van der Waals surface area (Å²) in [5, 5.41) is 10.8. The normalized spacial score (nSPS) is 18.4. The molecule has 2 aliphatic rings. The lowest BCUT2D eigenvalue weighted by molar-refractivity contribution is -0.141. The van der Waals surface area contributed by atoms with E-state index < -0.39 is 15.4 Å². The van der Waals surface area contributed by atoms with Crippen LogP contribution in [0.1, 0.15) is 47.4 Å². The highest BCUT2D eigenvalue weighted by atomic mass is 32.2. The molecular formula is C33H36O8S. The monoisotopic (exact) mass is 592 g/mol. The molecule has 8 nitrogen and oxygen atoms in total. The van der Waals surface area contributed by atoms with E-state index in [1.807, 2.05) is 55.5 Å². The second-order valence-corrected chi connectivity index (χ2v) is 13.4. The van der Waals surface area contributed by atoms with Crippen molar-refractivity contribution in [2.24, 2.45) is 0 Å². The molecule has 1 unspecified atom stereocenters. The van der Waals surface area contributed by atoms with Gasteiger partial charge >= 0.3 is 5.97 Å². The van der Waals surface area contributed by atoms with Crippen LogP contribution >= 0.6 is 0 Å². The number of rotatable bonds is 10. The fourth-order valence-electron chi connectivity index (χ4n) is 5.48. The highest BCUT2D eigenvalue weighted by molar-refractivity contribution is 7.91. The SMILES string of the molecule is C=Cc1cc(OCC2(O)CCS(=O)(=O)CC2)cc(C)c1-c1cccc(COc2ccc3c(c2)OCC3CC(=O)OC)c1. The van der Waals surface area contributed by atoms with Crippen molar-refractivity contribution < 1.29 is 37.3 Å². The maximum Gasteiger partial charge on any atom is 0.306 e. The van der Waals surface area contributed by atoms with Crippen LogP contribution in [0.5, 0.6) is 17.2 Å². The first-order chi connectivity index (χ1) is 20.1. The van der Waals surface area contributed by atoms with Crippen LogP contribution in [0, 0.1) is 6.92 Å². The summed E-state index contributed by atoms with van der Waals surface area (Å²) in [4.78, 5) is 11.7. The Morgan fingerprint density at radius 2 is 1.88 bits per heavy atom. The maximum absolute atomic E-state index is 11.8. The van der Waals surface area contributed by atoms with Crippen molar-refractivity contribution in [1.29, 1.82) is 0 Å². The Balaban J connectivity index is 1.26. The minimum atomic E-state index is -3.08. The summed E-state index contributed by atoms with van der Waals surface area (Å²) in [5.74, 6) is 1.67. The van der Waals surface area contributed by atoms with Gasteiger partial charge in [0.2, 0.25) is 0 Å². The van der Waals surface area contributed by atoms with E-state index in [-0.39, 0.29) is 49.3 Å². The van der Waals surface area contributed by atoms with Gasteiger partial charge in [-0.15, -0.1) is 0 Å². The van der Waals surface area contributed by atoms with E-state index in [1.54, 1.807) is 6.08 Å². The van der Waals surface area contributed by atoms with Gasteiger partial charge in [0.1, 0.15) is 36.1 Å². The summed E-state index contributed by atoms with van der Waals surface area (Å²) in [7, 11) is -1.69. The second kappa shape index (κ2) is 12.2. The van der Waals surface area contributed by atoms with Gasteiger partial charge in [0.05, 0.1) is 31.6 Å². The van der Waals surface area contributed by atoms with E-state index in [1.165, 1.54) is 7.11 Å². The number of sulfone groups is 1. The third-order valence-electron chi connectivity index (χ3n) is 7.95. The first-order valence-corrected chi connectivity index (χ1v) is 15.8. The van der Waals surface area contributed by atoms with Crippen LogP contribution in [0.15, 0.2) is 61.2 Å². The van der Waals surface area contributed by atoms with Crippen LogP contribution in [0.2, 0.25) is 0 Å². The number of hydrogen-bond donors (Lipinski definition) is 1. The number of fused-ring (bicyclic) bond motifs is 1. The maximum atomic E-state index is 11.8. The highest BCUT2D eigenvalue weighted by Crippen LogP contribution is 2.39. The molecule has 0 spiro atoms. The molecule has 0 aromatic heterocycles. The molecule has 1 fully saturated rings. The van der Waals surface area contributed by atoms with Crippen LogP contribution in [-0.4, -0.2) is 56.9 Å². The van der Waals surface area contributed by atoms with Gasteiger partial charge in [-0.3, -0.25) is 4.79 Å². The predicted molar refractivity (Wildman–Crippen MR) is 161 cm³/mol. The number of ether oxygens (including phenoxy) is 4. The number of aliphatic hydroxyl groups is 1. The Hall–Kier alpha value is -3.82. The molecule has 0 bridgehead atoms. The summed E-state index contributed by atoms with van der Waals surface area (Å²) in [6, 6.07) is 17.6. The molecule has 0 amide bonds. The Morgan fingerprint density at radius 1 is 1.10 bits per heavy atom. The Labute approximate surface area is 246 Å². The van der Waals surface area contributed by atoms with Crippen LogP contribution in [0.25, 0.3) is 17.2 Å². The van der Waals surface area contributed by atoms with Gasteiger partial charge < -0.3 is 24.1 Å². The van der Waals surface area contributed by atoms with E-state index in [0.29, 0.717) is 24.7 Å². The van der Waals surface area contributed by atoms with Crippen LogP contribution in [-0.2, 0) is 26.0 Å². The zero-order chi connectivity index (χ0) is 29.9. The van der Waals surface area contributed by atoms with E-state index in [2.05, 4.69) is 12.6 Å². The van der Waals surface area contributed by atoms with Gasteiger partial charge in [-0.1, -0.05) is 36.9 Å². The van der Waals surface area contributed by atoms with E-state index in [4.69, 9.17) is 18.9 Å². The third-order valence-corrected chi connectivity index (χ3v) is 9.60. The lowest BCUT2D eigenvalue weighted by Gasteiger charge is -2.31. The summed E-state index contributed by atoms with van der Waals surface area (Å²) < 4.78 is 46.1. The molecule has 3 aromatic rings. The number of carbonyl (C=O) groups is 1. The number of benzene rings is 3. The first kappa shape index (κ1) is 29.7. The number of methoxy groups -OCH3 is 1. The average molecular weight is 593 g/mol. The van der Waals surface area contributed by atoms with Crippen molar-refractivity contribution in [2.75, 3.05) is 31.8 Å². The quantitative estimate of drug-likeness (QED) is 0.319. The highest BCUT2D eigenvalue weighted by Gasteiger charge is 2.36. The number of hydrogen-bond acceptors (Lipinski definition) is 8. The molecule has 1 N–H and O–H groups in total. The fraction of sp³-hybridized carbons (Fsp3) is 0.364. The van der Waals surface area contributed by atoms with Gasteiger partial charge in [-0.25, -0.2) is 8.42 Å². The van der Waals surface area contributed by atoms with Gasteiger partial charge in [0.25, 0.3) is 0 Å². The molecule has 0 saturated carbocycles. The van der Waals surface area contributed by atoms with Gasteiger partial charge in [0.15, 0.2) is 9.84 Å². The molecule has 0 aliphatic carbocycles. The van der Waals surface area contributed by atoms with Crippen LogP contribution in [0.3, 0.4) is 0 Å². The molecule has 1 atom stereocenters. The van der Waals surface area contributed by atoms with E-state index in [0.717, 1.165) is 39.1 Å². The van der Waals surface area contributed by atoms with E-state index in [9.17, 15) is 18.3 Å². The predicted octanol–water partition coefficient (Wildman–Crippen LogP) is 5.24. The number of aryl methyl sites for hydroxylation is 1. The molecule has 9 heteroatoms. The first-order valence-electron chi connectivity index (χ1n) is 14.0. The van der Waals surface area contributed by atoms with Crippen molar-refractivity contribution >= 4 is 21.9 Å². The van der Waals surface area contributed by atoms with E-state index >= 15 is 0 Å². The smallest absolute Gasteiger partial charge is 0.306 e. The number of carbonyl (C=O) groups excluding carboxylic acids is 1. The molecule has 2 aliphatic heterocycles. The Bertz CT molecular complexity index is 1580. The van der Waals surface area contributed by atoms with Gasteiger partial charge in [-0.2, -0.15) is 0 Å². The van der Waals surface area contributed by atoms with Gasteiger partial charge in [0, 0.05) is 17.5 Å². The molecule has 3 aromatic carbocycles. The van der Waals surface area contributed by atoms with Crippen molar-refractivity contribution in [1.82, 2.24) is 0 Å². The standard InChI is InChI=1S/C33H36O8S/c1-4-24-16-28(41-21-33(35)10-12-42(36,37)13-11-33)14-22(2)32(24)25-7-5-6-23(15-25)19-39-27-8-9-29-26(17-31(34)38-3)20-40-30(29)18-27/h4-9,14-16,18,26,35H,1,10-13,17,19-21H2,2-3H3. The van der Waals surface area contributed by atoms with Gasteiger partial charge in [-0.05, 0) is 71.8 Å². The minimum Gasteiger partial charge on any atom is -0.492 e.